The zero-order chi connectivity index (χ0) is 44.5. The number of ketones is 4. The summed E-state index contributed by atoms with van der Waals surface area (Å²) in [5.74, 6) is -41.4. The van der Waals surface area contributed by atoms with Crippen LogP contribution < -0.4 is 0 Å². The highest BCUT2D eigenvalue weighted by atomic mass is 19.4. The van der Waals surface area contributed by atoms with Gasteiger partial charge in [0.15, 0.2) is 11.6 Å². The zero-order valence-electron chi connectivity index (χ0n) is 27.8. The summed E-state index contributed by atoms with van der Waals surface area (Å²) in [7, 11) is 0. The monoisotopic (exact) mass is 854 g/mol. The van der Waals surface area contributed by atoms with E-state index in [4.69, 9.17) is 0 Å². The minimum absolute atomic E-state index is 0.134. The number of alkyl halides is 18. The van der Waals surface area contributed by atoms with E-state index in [9.17, 15) is 98.2 Å². The van der Waals surface area contributed by atoms with Gasteiger partial charge >= 0.3 is 47.9 Å². The van der Waals surface area contributed by atoms with Crippen molar-refractivity contribution in [1.29, 1.82) is 0 Å². The van der Waals surface area contributed by atoms with E-state index >= 15 is 0 Å². The summed E-state index contributed by atoms with van der Waals surface area (Å²) in [4.78, 5) is 47.5. The Hall–Kier alpha value is -5.80. The van der Waals surface area contributed by atoms with Gasteiger partial charge in [-0.15, -0.1) is 0 Å². The van der Waals surface area contributed by atoms with Crippen molar-refractivity contribution in [2.24, 2.45) is 0 Å². The fraction of sp³-hybridized carbons (Fsp3) is 0.278. The van der Waals surface area contributed by atoms with Gasteiger partial charge in [0.05, 0.1) is 12.8 Å². The molecule has 0 unspecified atom stereocenters. The third kappa shape index (κ3) is 9.00. The quantitative estimate of drug-likeness (QED) is 0.0788. The lowest BCUT2D eigenvalue weighted by Crippen LogP contribution is -2.63. The highest BCUT2D eigenvalue weighted by Crippen LogP contribution is 2.55. The minimum atomic E-state index is -7.32. The lowest BCUT2D eigenvalue weighted by Gasteiger charge is -2.32. The summed E-state index contributed by atoms with van der Waals surface area (Å²) >= 11 is 0. The molecule has 0 aliphatic rings. The fourth-order valence-corrected chi connectivity index (χ4v) is 4.22. The van der Waals surface area contributed by atoms with Crippen molar-refractivity contribution in [3.8, 4) is 23.7 Å². The van der Waals surface area contributed by atoms with Crippen molar-refractivity contribution in [2.75, 3.05) is 0 Å². The van der Waals surface area contributed by atoms with Gasteiger partial charge in [-0.3, -0.25) is 19.2 Å². The molecule has 310 valence electrons. The molecule has 3 aromatic rings. The van der Waals surface area contributed by atoms with Gasteiger partial charge in [0.25, 0.3) is 0 Å². The number of rotatable bonds is 12. The Labute approximate surface area is 312 Å². The maximum atomic E-state index is 13.8. The van der Waals surface area contributed by atoms with Crippen LogP contribution in [0.1, 0.15) is 55.8 Å². The van der Waals surface area contributed by atoms with Crippen LogP contribution in [0.2, 0.25) is 0 Å². The fourth-order valence-electron chi connectivity index (χ4n) is 4.22. The highest BCUT2D eigenvalue weighted by Gasteiger charge is 2.84. The first-order chi connectivity index (χ1) is 26.2. The van der Waals surface area contributed by atoms with Crippen LogP contribution in [0.3, 0.4) is 0 Å². The van der Waals surface area contributed by atoms with Crippen molar-refractivity contribution in [1.82, 2.24) is 0 Å². The Morgan fingerprint density at radius 3 is 0.759 bits per heavy atom. The summed E-state index contributed by atoms with van der Waals surface area (Å²) in [6, 6.07) is 13.5. The van der Waals surface area contributed by atoms with Crippen LogP contribution in [-0.4, -0.2) is 71.0 Å². The Balaban J connectivity index is 1.63. The predicted octanol–water partition coefficient (Wildman–Crippen LogP) is 9.71. The molecule has 3 aromatic carbocycles. The first-order valence-electron chi connectivity index (χ1n) is 15.1. The second-order valence-corrected chi connectivity index (χ2v) is 11.7. The van der Waals surface area contributed by atoms with E-state index in [2.05, 4.69) is 23.7 Å². The number of halogens is 18. The SMILES string of the molecule is O=C(CC(=O)C(F)(F)C(F)(F)C(F)(F)C(F)(F)F)c1ccc(C#Cc2ccc(C#Cc3ccc(C(=O)CC(=O)C(F)(F)C(F)(F)C(F)(F)C(F)(F)F)cc3)cc2)cc1. The molecule has 0 spiro atoms. The third-order valence-electron chi connectivity index (χ3n) is 7.63. The molecule has 4 nitrogen and oxygen atoms in total. The summed E-state index contributed by atoms with van der Waals surface area (Å²) in [5, 5.41) is 0. The molecule has 0 aromatic heterocycles. The van der Waals surface area contributed by atoms with Gasteiger partial charge in [-0.05, 0) is 48.5 Å². The lowest BCUT2D eigenvalue weighted by atomic mass is 9.95. The van der Waals surface area contributed by atoms with E-state index in [1.54, 1.807) is 0 Å². The van der Waals surface area contributed by atoms with Gasteiger partial charge in [-0.25, -0.2) is 0 Å². The maximum absolute atomic E-state index is 13.8. The molecule has 0 amide bonds. The lowest BCUT2D eigenvalue weighted by molar-refractivity contribution is -0.388. The van der Waals surface area contributed by atoms with E-state index < -0.39 is 95.0 Å². The van der Waals surface area contributed by atoms with E-state index in [-0.39, 0.29) is 11.1 Å². The molecule has 0 aliphatic heterocycles. The van der Waals surface area contributed by atoms with Crippen molar-refractivity contribution >= 4 is 23.1 Å². The van der Waals surface area contributed by atoms with Crippen molar-refractivity contribution in [3.05, 3.63) is 106 Å². The number of Topliss-reactive ketones (excluding diaryl/α,β-unsaturated/α-hetero) is 4. The average Bonchev–Trinajstić information content (AvgIpc) is 3.12. The van der Waals surface area contributed by atoms with E-state index in [0.717, 1.165) is 48.5 Å². The number of hydrogen-bond donors (Lipinski definition) is 0. The Kier molecular flexibility index (Phi) is 12.7. The van der Waals surface area contributed by atoms with Crippen molar-refractivity contribution in [2.45, 2.75) is 60.7 Å². The Bertz CT molecular complexity index is 2020. The molecule has 22 heteroatoms. The Morgan fingerprint density at radius 1 is 0.345 bits per heavy atom. The largest absolute Gasteiger partial charge is 0.460 e. The number of benzene rings is 3. The molecule has 0 saturated heterocycles. The van der Waals surface area contributed by atoms with Crippen LogP contribution in [0.4, 0.5) is 79.0 Å². The molecular weight excluding hydrogens is 838 g/mol. The van der Waals surface area contributed by atoms with Crippen LogP contribution in [0.5, 0.6) is 0 Å². The van der Waals surface area contributed by atoms with E-state index in [1.165, 1.54) is 24.3 Å². The van der Waals surface area contributed by atoms with E-state index in [0.29, 0.717) is 11.1 Å². The second kappa shape index (κ2) is 15.9. The smallest absolute Gasteiger partial charge is 0.294 e. The predicted molar refractivity (Wildman–Crippen MR) is 161 cm³/mol. The molecule has 0 N–H and O–H groups in total. The standard InChI is InChI=1S/C36H16F18O4/c37-29(38,31(41,42)33(45,46)35(49,50)51)27(57)17-25(55)23-13-9-21(10-14-23)7-5-19-1-2-20(4-3-19)6-8-22-11-15-24(16-12-22)26(56)18-28(58)30(39,40)32(43,44)34(47,48)36(52,53)54/h1-4,9-16H,17-18H2. The maximum Gasteiger partial charge on any atom is 0.460 e. The van der Waals surface area contributed by atoms with Gasteiger partial charge in [0.2, 0.25) is 11.6 Å². The molecule has 0 saturated carbocycles. The number of carbonyl (C=O) groups excluding carboxylic acids is 4. The van der Waals surface area contributed by atoms with Gasteiger partial charge in [0, 0.05) is 33.4 Å². The topological polar surface area (TPSA) is 68.3 Å². The minimum Gasteiger partial charge on any atom is -0.294 e. The molecule has 0 aliphatic carbocycles. The van der Waals surface area contributed by atoms with Crippen LogP contribution in [0.15, 0.2) is 72.8 Å². The summed E-state index contributed by atoms with van der Waals surface area (Å²) in [6.45, 7) is 0. The summed E-state index contributed by atoms with van der Waals surface area (Å²) in [6.07, 6.45) is -18.6. The van der Waals surface area contributed by atoms with Gasteiger partial charge in [-0.2, -0.15) is 79.0 Å². The van der Waals surface area contributed by atoms with Gasteiger partial charge in [-0.1, -0.05) is 47.9 Å². The molecular formula is C36H16F18O4. The molecule has 0 fully saturated rings. The van der Waals surface area contributed by atoms with Gasteiger partial charge in [0.1, 0.15) is 0 Å². The molecule has 0 heterocycles. The molecule has 0 atom stereocenters. The first-order valence-corrected chi connectivity index (χ1v) is 15.1. The normalized spacial score (nSPS) is 13.1. The van der Waals surface area contributed by atoms with E-state index in [1.807, 2.05) is 0 Å². The van der Waals surface area contributed by atoms with Crippen molar-refractivity contribution < 1.29 is 98.2 Å². The molecule has 3 rings (SSSR count). The highest BCUT2D eigenvalue weighted by molar-refractivity contribution is 6.11. The van der Waals surface area contributed by atoms with Gasteiger partial charge < -0.3 is 0 Å². The molecule has 0 radical (unpaired) electrons. The third-order valence-corrected chi connectivity index (χ3v) is 7.63. The number of carbonyl (C=O) groups is 4. The second-order valence-electron chi connectivity index (χ2n) is 11.7. The number of hydrogen-bond acceptors (Lipinski definition) is 4. The molecule has 0 bridgehead atoms. The van der Waals surface area contributed by atoms with Crippen LogP contribution in [-0.2, 0) is 9.59 Å². The Morgan fingerprint density at radius 2 is 0.552 bits per heavy atom. The zero-order valence-corrected chi connectivity index (χ0v) is 27.8. The molecule has 58 heavy (non-hydrogen) atoms. The average molecular weight is 854 g/mol. The first kappa shape index (κ1) is 46.6. The van der Waals surface area contributed by atoms with Crippen LogP contribution in [0, 0.1) is 23.7 Å². The summed E-state index contributed by atoms with van der Waals surface area (Å²) in [5.41, 5.74) is -0.255. The van der Waals surface area contributed by atoms with Crippen molar-refractivity contribution in [3.63, 3.8) is 0 Å². The summed E-state index contributed by atoms with van der Waals surface area (Å²) < 4.78 is 235. The van der Waals surface area contributed by atoms with Crippen LogP contribution >= 0.6 is 0 Å². The van der Waals surface area contributed by atoms with Crippen LogP contribution in [0.25, 0.3) is 0 Å².